The Labute approximate surface area is 182 Å². The van der Waals surface area contributed by atoms with Crippen LogP contribution in [0, 0.1) is 23.4 Å². The quantitative estimate of drug-likeness (QED) is 0.661. The number of Topliss-reactive ketones (excluding diaryl/α,β-unsaturated/α-hetero) is 1. The van der Waals surface area contributed by atoms with Gasteiger partial charge in [0.05, 0.1) is 11.3 Å². The van der Waals surface area contributed by atoms with Gasteiger partial charge in [-0.25, -0.2) is 13.2 Å². The SMILES string of the molecule is O=C(c1c(F)cc(F)cc1F)C1CCN(C(=O)CCN2C(=O)COc3ccccc32)CC1. The third-order valence-electron chi connectivity index (χ3n) is 5.83. The zero-order valence-electron chi connectivity index (χ0n) is 17.2. The number of hydrogen-bond donors (Lipinski definition) is 0. The second-order valence-electron chi connectivity index (χ2n) is 7.82. The Morgan fingerprint density at radius 3 is 2.38 bits per heavy atom. The van der Waals surface area contributed by atoms with E-state index in [9.17, 15) is 27.6 Å². The van der Waals surface area contributed by atoms with Crippen LogP contribution in [0.2, 0.25) is 0 Å². The summed E-state index contributed by atoms with van der Waals surface area (Å²) in [7, 11) is 0. The molecule has 0 aromatic heterocycles. The summed E-state index contributed by atoms with van der Waals surface area (Å²) in [5.74, 6) is -4.72. The number of fused-ring (bicyclic) bond motifs is 1. The molecule has 0 atom stereocenters. The Morgan fingerprint density at radius 1 is 1.03 bits per heavy atom. The summed E-state index contributed by atoms with van der Waals surface area (Å²) in [6.45, 7) is 0.624. The van der Waals surface area contributed by atoms with E-state index in [0.717, 1.165) is 0 Å². The molecule has 2 amide bonds. The van der Waals surface area contributed by atoms with Crippen LogP contribution in [-0.4, -0.2) is 48.7 Å². The van der Waals surface area contributed by atoms with Crippen molar-refractivity contribution in [2.24, 2.45) is 5.92 Å². The molecule has 2 aromatic carbocycles. The number of nitrogens with zero attached hydrogens (tertiary/aromatic N) is 2. The highest BCUT2D eigenvalue weighted by molar-refractivity contribution is 5.99. The van der Waals surface area contributed by atoms with E-state index in [1.807, 2.05) is 0 Å². The van der Waals surface area contributed by atoms with Crippen LogP contribution in [-0.2, 0) is 9.59 Å². The molecule has 9 heteroatoms. The average molecular weight is 446 g/mol. The molecule has 0 aliphatic carbocycles. The first-order valence-electron chi connectivity index (χ1n) is 10.3. The predicted molar refractivity (Wildman–Crippen MR) is 109 cm³/mol. The molecule has 168 valence electrons. The van der Waals surface area contributed by atoms with Crippen LogP contribution in [0.3, 0.4) is 0 Å². The summed E-state index contributed by atoms with van der Waals surface area (Å²) in [6.07, 6.45) is 0.597. The maximum Gasteiger partial charge on any atom is 0.265 e. The first kappa shape index (κ1) is 21.9. The van der Waals surface area contributed by atoms with Crippen molar-refractivity contribution in [3.63, 3.8) is 0 Å². The third kappa shape index (κ3) is 4.32. The highest BCUT2D eigenvalue weighted by Crippen LogP contribution is 2.32. The normalized spacial score (nSPS) is 16.5. The lowest BCUT2D eigenvalue weighted by atomic mass is 9.88. The summed E-state index contributed by atoms with van der Waals surface area (Å²) in [4.78, 5) is 40.5. The van der Waals surface area contributed by atoms with E-state index in [1.54, 1.807) is 29.2 Å². The van der Waals surface area contributed by atoms with Gasteiger partial charge in [-0.3, -0.25) is 14.4 Å². The lowest BCUT2D eigenvalue weighted by Gasteiger charge is -2.33. The van der Waals surface area contributed by atoms with Gasteiger partial charge in [-0.2, -0.15) is 0 Å². The Morgan fingerprint density at radius 2 is 1.69 bits per heavy atom. The number of piperidine rings is 1. The van der Waals surface area contributed by atoms with Crippen molar-refractivity contribution in [2.45, 2.75) is 19.3 Å². The molecule has 0 unspecified atom stereocenters. The number of para-hydroxylation sites is 2. The van der Waals surface area contributed by atoms with E-state index in [4.69, 9.17) is 4.74 Å². The highest BCUT2D eigenvalue weighted by atomic mass is 19.1. The molecule has 6 nitrogen and oxygen atoms in total. The van der Waals surface area contributed by atoms with Crippen LogP contribution in [0.5, 0.6) is 5.75 Å². The van der Waals surface area contributed by atoms with E-state index in [2.05, 4.69) is 0 Å². The highest BCUT2D eigenvalue weighted by Gasteiger charge is 2.32. The van der Waals surface area contributed by atoms with Crippen molar-refractivity contribution in [2.75, 3.05) is 31.1 Å². The van der Waals surface area contributed by atoms with Crippen LogP contribution < -0.4 is 9.64 Å². The molecule has 2 heterocycles. The largest absolute Gasteiger partial charge is 0.482 e. The number of hydrogen-bond acceptors (Lipinski definition) is 4. The third-order valence-corrected chi connectivity index (χ3v) is 5.83. The van der Waals surface area contributed by atoms with Gasteiger partial charge in [-0.15, -0.1) is 0 Å². The Hall–Kier alpha value is -3.36. The summed E-state index contributed by atoms with van der Waals surface area (Å²) >= 11 is 0. The molecule has 0 N–H and O–H groups in total. The van der Waals surface area contributed by atoms with Gasteiger partial charge in [0, 0.05) is 44.1 Å². The number of halogens is 3. The van der Waals surface area contributed by atoms with Gasteiger partial charge in [0.1, 0.15) is 23.2 Å². The monoisotopic (exact) mass is 446 g/mol. The van der Waals surface area contributed by atoms with Crippen molar-refractivity contribution >= 4 is 23.3 Å². The maximum absolute atomic E-state index is 13.9. The van der Waals surface area contributed by atoms with Gasteiger partial charge < -0.3 is 14.5 Å². The van der Waals surface area contributed by atoms with Gasteiger partial charge in [-0.05, 0) is 25.0 Å². The molecular formula is C23H21F3N2O4. The molecule has 0 bridgehead atoms. The molecule has 1 saturated heterocycles. The lowest BCUT2D eigenvalue weighted by molar-refractivity contribution is -0.132. The van der Waals surface area contributed by atoms with Crippen molar-refractivity contribution in [1.82, 2.24) is 4.90 Å². The van der Waals surface area contributed by atoms with E-state index in [1.165, 1.54) is 4.90 Å². The van der Waals surface area contributed by atoms with Gasteiger partial charge in [0.15, 0.2) is 12.4 Å². The molecule has 0 radical (unpaired) electrons. The number of likely N-dealkylation sites (tertiary alicyclic amines) is 1. The molecule has 0 saturated carbocycles. The minimum absolute atomic E-state index is 0.0881. The van der Waals surface area contributed by atoms with E-state index >= 15 is 0 Å². The Kier molecular flexibility index (Phi) is 6.16. The fourth-order valence-corrected chi connectivity index (χ4v) is 4.14. The molecule has 32 heavy (non-hydrogen) atoms. The molecule has 0 spiro atoms. The van der Waals surface area contributed by atoms with Crippen molar-refractivity contribution < 1.29 is 32.3 Å². The molecule has 2 aliphatic heterocycles. The summed E-state index contributed by atoms with van der Waals surface area (Å²) < 4.78 is 46.4. The number of benzene rings is 2. The van der Waals surface area contributed by atoms with Crippen LogP contribution >= 0.6 is 0 Å². The van der Waals surface area contributed by atoms with Gasteiger partial charge in [-0.1, -0.05) is 12.1 Å². The number of carbonyl (C=O) groups excluding carboxylic acids is 3. The van der Waals surface area contributed by atoms with Crippen LogP contribution in [0.25, 0.3) is 0 Å². The average Bonchev–Trinajstić information content (AvgIpc) is 2.77. The van der Waals surface area contributed by atoms with Crippen LogP contribution in [0.15, 0.2) is 36.4 Å². The smallest absolute Gasteiger partial charge is 0.265 e. The molecule has 1 fully saturated rings. The van der Waals surface area contributed by atoms with E-state index in [-0.39, 0.29) is 57.3 Å². The topological polar surface area (TPSA) is 66.9 Å². The predicted octanol–water partition coefficient (Wildman–Crippen LogP) is 3.34. The number of rotatable bonds is 5. The molecule has 4 rings (SSSR count). The van der Waals surface area contributed by atoms with Crippen molar-refractivity contribution in [3.05, 3.63) is 59.4 Å². The summed E-state index contributed by atoms with van der Waals surface area (Å²) in [5.41, 5.74) is -0.120. The summed E-state index contributed by atoms with van der Waals surface area (Å²) in [6, 6.07) is 8.06. The zero-order valence-corrected chi connectivity index (χ0v) is 17.2. The van der Waals surface area contributed by atoms with Gasteiger partial charge >= 0.3 is 0 Å². The second-order valence-corrected chi connectivity index (χ2v) is 7.82. The molecule has 2 aliphatic rings. The molecular weight excluding hydrogens is 425 g/mol. The number of ketones is 1. The van der Waals surface area contributed by atoms with Crippen LogP contribution in [0.4, 0.5) is 18.9 Å². The van der Waals surface area contributed by atoms with Crippen molar-refractivity contribution in [3.8, 4) is 5.75 Å². The minimum Gasteiger partial charge on any atom is -0.482 e. The van der Waals surface area contributed by atoms with E-state index < -0.39 is 34.7 Å². The fourth-order valence-electron chi connectivity index (χ4n) is 4.14. The van der Waals surface area contributed by atoms with Gasteiger partial charge in [0.2, 0.25) is 5.91 Å². The van der Waals surface area contributed by atoms with Crippen LogP contribution in [0.1, 0.15) is 29.6 Å². The fraction of sp³-hybridized carbons (Fsp3) is 0.348. The Balaban J connectivity index is 1.34. The lowest BCUT2D eigenvalue weighted by Crippen LogP contribution is -2.44. The van der Waals surface area contributed by atoms with Crippen molar-refractivity contribution in [1.29, 1.82) is 0 Å². The maximum atomic E-state index is 13.9. The number of amides is 2. The first-order valence-corrected chi connectivity index (χ1v) is 10.3. The number of ether oxygens (including phenoxy) is 1. The Bertz CT molecular complexity index is 1040. The molecule has 2 aromatic rings. The minimum atomic E-state index is -1.22. The number of carbonyl (C=O) groups is 3. The number of anilines is 1. The first-order chi connectivity index (χ1) is 15.3. The second kappa shape index (κ2) is 9.02. The standard InChI is InChI=1S/C23H21F3N2O4/c24-15-11-16(25)22(17(26)12-15)23(31)14-5-8-27(9-6-14)20(29)7-10-28-18-3-1-2-4-19(18)32-13-21(28)30/h1-4,11-12,14H,5-10,13H2. The van der Waals surface area contributed by atoms with E-state index in [0.29, 0.717) is 23.6 Å². The summed E-state index contributed by atoms with van der Waals surface area (Å²) in [5, 5.41) is 0. The zero-order chi connectivity index (χ0) is 22.8. The van der Waals surface area contributed by atoms with Gasteiger partial charge in [0.25, 0.3) is 5.91 Å².